The van der Waals surface area contributed by atoms with Crippen LogP contribution in [0.2, 0.25) is 0 Å². The Bertz CT molecular complexity index is 102. The quantitative estimate of drug-likeness (QED) is 0.633. The first kappa shape index (κ1) is 9.01. The summed E-state index contributed by atoms with van der Waals surface area (Å²) in [6.07, 6.45) is 2.67. The average Bonchev–Trinajstić information content (AvgIpc) is 2.06. The highest BCUT2D eigenvalue weighted by atomic mass is 14.9. The molecule has 2 unspecified atom stereocenters. The van der Waals surface area contributed by atoms with Gasteiger partial charge in [0.05, 0.1) is 0 Å². The summed E-state index contributed by atoms with van der Waals surface area (Å²) in [5.41, 5.74) is 0. The molecule has 1 aliphatic heterocycles. The standard InChI is InChI=1S/C9H20N2/c1-3-8-7-11-5-4-9(8)6-10-2/h8-11H,3-7H2,1-2H3. The van der Waals surface area contributed by atoms with Gasteiger partial charge in [-0.15, -0.1) is 0 Å². The molecule has 0 bridgehead atoms. The summed E-state index contributed by atoms with van der Waals surface area (Å²) in [4.78, 5) is 0. The number of hydrogen-bond acceptors (Lipinski definition) is 2. The van der Waals surface area contributed by atoms with E-state index in [0.29, 0.717) is 0 Å². The fraction of sp³-hybridized carbons (Fsp3) is 1.00. The van der Waals surface area contributed by atoms with Crippen molar-refractivity contribution in [3.63, 3.8) is 0 Å². The van der Waals surface area contributed by atoms with Crippen LogP contribution in [-0.4, -0.2) is 26.7 Å². The molecule has 2 N–H and O–H groups in total. The van der Waals surface area contributed by atoms with E-state index in [2.05, 4.69) is 24.6 Å². The van der Waals surface area contributed by atoms with Gasteiger partial charge in [0.25, 0.3) is 0 Å². The lowest BCUT2D eigenvalue weighted by Crippen LogP contribution is -2.40. The molecule has 0 aromatic rings. The summed E-state index contributed by atoms with van der Waals surface area (Å²) >= 11 is 0. The maximum atomic E-state index is 3.45. The minimum atomic E-state index is 0.899. The summed E-state index contributed by atoms with van der Waals surface area (Å²) in [6.45, 7) is 5.92. The van der Waals surface area contributed by atoms with E-state index in [1.807, 2.05) is 0 Å². The van der Waals surface area contributed by atoms with E-state index in [-0.39, 0.29) is 0 Å². The molecule has 1 saturated heterocycles. The van der Waals surface area contributed by atoms with Crippen LogP contribution in [0.3, 0.4) is 0 Å². The monoisotopic (exact) mass is 156 g/mol. The molecule has 1 heterocycles. The van der Waals surface area contributed by atoms with Crippen LogP contribution in [0.25, 0.3) is 0 Å². The highest BCUT2D eigenvalue weighted by Crippen LogP contribution is 2.20. The van der Waals surface area contributed by atoms with Gasteiger partial charge in [-0.2, -0.15) is 0 Å². The molecular weight excluding hydrogens is 136 g/mol. The van der Waals surface area contributed by atoms with Crippen LogP contribution in [0.4, 0.5) is 0 Å². The lowest BCUT2D eigenvalue weighted by atomic mass is 9.85. The molecule has 66 valence electrons. The second-order valence-electron chi connectivity index (χ2n) is 3.48. The maximum Gasteiger partial charge on any atom is -0.00175 e. The molecule has 1 rings (SSSR count). The van der Waals surface area contributed by atoms with Gasteiger partial charge in [-0.1, -0.05) is 13.3 Å². The third-order valence-corrected chi connectivity index (χ3v) is 2.76. The van der Waals surface area contributed by atoms with Crippen LogP contribution < -0.4 is 10.6 Å². The van der Waals surface area contributed by atoms with Crippen molar-refractivity contribution in [3.8, 4) is 0 Å². The van der Waals surface area contributed by atoms with Crippen molar-refractivity contribution >= 4 is 0 Å². The molecular formula is C9H20N2. The van der Waals surface area contributed by atoms with Gasteiger partial charge in [-0.25, -0.2) is 0 Å². The molecule has 0 aromatic carbocycles. The zero-order valence-electron chi connectivity index (χ0n) is 7.69. The molecule has 1 fully saturated rings. The third kappa shape index (κ3) is 2.46. The Hall–Kier alpha value is -0.0800. The van der Waals surface area contributed by atoms with Gasteiger partial charge in [0, 0.05) is 0 Å². The van der Waals surface area contributed by atoms with Crippen molar-refractivity contribution < 1.29 is 0 Å². The number of nitrogens with one attached hydrogen (secondary N) is 2. The molecule has 1 aliphatic rings. The first-order valence-electron chi connectivity index (χ1n) is 4.73. The third-order valence-electron chi connectivity index (χ3n) is 2.76. The lowest BCUT2D eigenvalue weighted by Gasteiger charge is -2.31. The molecule has 0 amide bonds. The highest BCUT2D eigenvalue weighted by molar-refractivity contribution is 4.77. The van der Waals surface area contributed by atoms with Crippen molar-refractivity contribution in [2.75, 3.05) is 26.7 Å². The molecule has 0 radical (unpaired) electrons. The Kier molecular flexibility index (Phi) is 3.87. The lowest BCUT2D eigenvalue weighted by molar-refractivity contribution is 0.244. The van der Waals surface area contributed by atoms with Crippen molar-refractivity contribution in [2.24, 2.45) is 11.8 Å². The van der Waals surface area contributed by atoms with Crippen LogP contribution in [0.5, 0.6) is 0 Å². The Morgan fingerprint density at radius 2 is 2.27 bits per heavy atom. The maximum absolute atomic E-state index is 3.45. The molecule has 2 atom stereocenters. The van der Waals surface area contributed by atoms with Crippen LogP contribution in [0.1, 0.15) is 19.8 Å². The van der Waals surface area contributed by atoms with Crippen molar-refractivity contribution in [1.82, 2.24) is 10.6 Å². The van der Waals surface area contributed by atoms with Gasteiger partial charge >= 0.3 is 0 Å². The summed E-state index contributed by atoms with van der Waals surface area (Å²) in [6, 6.07) is 0. The van der Waals surface area contributed by atoms with Gasteiger partial charge in [0.15, 0.2) is 0 Å². The molecule has 0 aliphatic carbocycles. The van der Waals surface area contributed by atoms with E-state index in [0.717, 1.165) is 11.8 Å². The summed E-state index contributed by atoms with van der Waals surface area (Å²) in [7, 11) is 2.05. The molecule has 0 saturated carbocycles. The zero-order chi connectivity index (χ0) is 8.10. The molecule has 0 aromatic heterocycles. The Balaban J connectivity index is 2.31. The second-order valence-corrected chi connectivity index (χ2v) is 3.48. The van der Waals surface area contributed by atoms with Crippen LogP contribution in [0.15, 0.2) is 0 Å². The van der Waals surface area contributed by atoms with Crippen molar-refractivity contribution in [2.45, 2.75) is 19.8 Å². The summed E-state index contributed by atoms with van der Waals surface area (Å²) < 4.78 is 0. The predicted molar refractivity (Wildman–Crippen MR) is 48.7 cm³/mol. The van der Waals surface area contributed by atoms with Crippen molar-refractivity contribution in [3.05, 3.63) is 0 Å². The SMILES string of the molecule is CCC1CNCCC1CNC. The van der Waals surface area contributed by atoms with Crippen molar-refractivity contribution in [1.29, 1.82) is 0 Å². The zero-order valence-corrected chi connectivity index (χ0v) is 7.69. The molecule has 2 nitrogen and oxygen atoms in total. The Morgan fingerprint density at radius 3 is 2.91 bits per heavy atom. The summed E-state index contributed by atoms with van der Waals surface area (Å²) in [5.74, 6) is 1.81. The molecule has 11 heavy (non-hydrogen) atoms. The van der Waals surface area contributed by atoms with Crippen LogP contribution in [0, 0.1) is 11.8 Å². The predicted octanol–water partition coefficient (Wildman–Crippen LogP) is 0.841. The van der Waals surface area contributed by atoms with Gasteiger partial charge in [-0.3, -0.25) is 0 Å². The van der Waals surface area contributed by atoms with E-state index >= 15 is 0 Å². The number of rotatable bonds is 3. The van der Waals surface area contributed by atoms with Crippen LogP contribution in [-0.2, 0) is 0 Å². The van der Waals surface area contributed by atoms with E-state index in [1.54, 1.807) is 0 Å². The Labute approximate surface area is 69.8 Å². The topological polar surface area (TPSA) is 24.1 Å². The fourth-order valence-corrected chi connectivity index (χ4v) is 1.99. The second kappa shape index (κ2) is 4.73. The Morgan fingerprint density at radius 1 is 1.45 bits per heavy atom. The highest BCUT2D eigenvalue weighted by Gasteiger charge is 2.21. The van der Waals surface area contributed by atoms with Gasteiger partial charge in [0.1, 0.15) is 0 Å². The van der Waals surface area contributed by atoms with Gasteiger partial charge < -0.3 is 10.6 Å². The first-order valence-corrected chi connectivity index (χ1v) is 4.73. The van der Waals surface area contributed by atoms with E-state index in [9.17, 15) is 0 Å². The molecule has 0 spiro atoms. The minimum absolute atomic E-state index is 0.899. The van der Waals surface area contributed by atoms with Gasteiger partial charge in [0.2, 0.25) is 0 Å². The van der Waals surface area contributed by atoms with Crippen LogP contribution >= 0.6 is 0 Å². The van der Waals surface area contributed by atoms with Gasteiger partial charge in [-0.05, 0) is 44.9 Å². The minimum Gasteiger partial charge on any atom is -0.319 e. The first-order chi connectivity index (χ1) is 5.38. The smallest absolute Gasteiger partial charge is 0.00175 e. The largest absolute Gasteiger partial charge is 0.319 e. The van der Waals surface area contributed by atoms with E-state index in [1.165, 1.54) is 32.5 Å². The van der Waals surface area contributed by atoms with E-state index in [4.69, 9.17) is 0 Å². The normalized spacial score (nSPS) is 32.2. The van der Waals surface area contributed by atoms with E-state index < -0.39 is 0 Å². The molecule has 2 heteroatoms. The summed E-state index contributed by atoms with van der Waals surface area (Å²) in [5, 5.41) is 6.72. The average molecular weight is 156 g/mol. The number of piperidine rings is 1. The number of hydrogen-bond donors (Lipinski definition) is 2. The fourth-order valence-electron chi connectivity index (χ4n) is 1.99.